The summed E-state index contributed by atoms with van der Waals surface area (Å²) >= 11 is 1.41. The second-order valence-electron chi connectivity index (χ2n) is 6.69. The molecular weight excluding hydrogens is 348 g/mol. The second-order valence-corrected chi connectivity index (χ2v) is 7.42. The second kappa shape index (κ2) is 9.09. The number of morpholine rings is 1. The van der Waals surface area contributed by atoms with Crippen molar-refractivity contribution in [1.82, 2.24) is 14.3 Å². The average molecular weight is 375 g/mol. The van der Waals surface area contributed by atoms with Crippen molar-refractivity contribution < 1.29 is 9.53 Å². The van der Waals surface area contributed by atoms with Crippen LogP contribution in [0.5, 0.6) is 0 Å². The molecule has 2 heterocycles. The van der Waals surface area contributed by atoms with Gasteiger partial charge in [-0.25, -0.2) is 4.98 Å². The van der Waals surface area contributed by atoms with Gasteiger partial charge in [0.15, 0.2) is 0 Å². The van der Waals surface area contributed by atoms with Crippen LogP contribution in [-0.2, 0) is 16.0 Å². The van der Waals surface area contributed by atoms with Crippen LogP contribution in [0.2, 0.25) is 0 Å². The highest BCUT2D eigenvalue weighted by atomic mass is 32.1. The van der Waals surface area contributed by atoms with Crippen molar-refractivity contribution in [2.75, 3.05) is 37.7 Å². The SMILES string of the molecule is CC(C)N(CCC(=O)N1CCOCC1)c1nc(Cc2ccccc2)ns1. The summed E-state index contributed by atoms with van der Waals surface area (Å²) in [5, 5.41) is 0.890. The topological polar surface area (TPSA) is 58.6 Å². The van der Waals surface area contributed by atoms with Gasteiger partial charge in [-0.3, -0.25) is 4.79 Å². The Labute approximate surface area is 159 Å². The highest BCUT2D eigenvalue weighted by Gasteiger charge is 2.21. The smallest absolute Gasteiger partial charge is 0.224 e. The molecule has 1 aromatic carbocycles. The van der Waals surface area contributed by atoms with E-state index in [2.05, 4.69) is 35.3 Å². The van der Waals surface area contributed by atoms with E-state index in [0.29, 0.717) is 39.3 Å². The molecule has 0 aliphatic carbocycles. The number of carbonyl (C=O) groups is 1. The fourth-order valence-corrected chi connectivity index (χ4v) is 3.82. The Balaban J connectivity index is 1.60. The first-order chi connectivity index (χ1) is 12.6. The van der Waals surface area contributed by atoms with Gasteiger partial charge in [-0.2, -0.15) is 4.37 Å². The summed E-state index contributed by atoms with van der Waals surface area (Å²) < 4.78 is 9.82. The van der Waals surface area contributed by atoms with Crippen LogP contribution < -0.4 is 4.90 Å². The summed E-state index contributed by atoms with van der Waals surface area (Å²) in [5.74, 6) is 1.02. The lowest BCUT2D eigenvalue weighted by Crippen LogP contribution is -2.42. The molecule has 6 nitrogen and oxygen atoms in total. The van der Waals surface area contributed by atoms with Crippen LogP contribution in [0.4, 0.5) is 5.13 Å². The molecule has 0 N–H and O–H groups in total. The number of anilines is 1. The van der Waals surface area contributed by atoms with Gasteiger partial charge >= 0.3 is 0 Å². The maximum absolute atomic E-state index is 12.4. The third-order valence-corrected chi connectivity index (χ3v) is 5.25. The Kier molecular flexibility index (Phi) is 6.57. The summed E-state index contributed by atoms with van der Waals surface area (Å²) in [6, 6.07) is 10.5. The van der Waals surface area contributed by atoms with Gasteiger partial charge in [0.2, 0.25) is 11.0 Å². The monoisotopic (exact) mass is 374 g/mol. The molecule has 0 saturated carbocycles. The quantitative estimate of drug-likeness (QED) is 0.746. The van der Waals surface area contributed by atoms with Crippen LogP contribution in [0.1, 0.15) is 31.7 Å². The van der Waals surface area contributed by atoms with Gasteiger partial charge in [-0.1, -0.05) is 30.3 Å². The first-order valence-corrected chi connectivity index (χ1v) is 9.89. The van der Waals surface area contributed by atoms with Gasteiger partial charge in [0.1, 0.15) is 5.82 Å². The molecule has 2 aromatic rings. The van der Waals surface area contributed by atoms with E-state index in [1.807, 2.05) is 23.1 Å². The third-order valence-electron chi connectivity index (χ3n) is 4.46. The lowest BCUT2D eigenvalue weighted by atomic mass is 10.1. The fourth-order valence-electron chi connectivity index (χ4n) is 2.97. The Morgan fingerprint density at radius 1 is 1.27 bits per heavy atom. The van der Waals surface area contributed by atoms with Gasteiger partial charge in [0, 0.05) is 50.1 Å². The molecule has 1 amide bonds. The Hall–Kier alpha value is -1.99. The number of hydrogen-bond donors (Lipinski definition) is 0. The summed E-state index contributed by atoms with van der Waals surface area (Å²) in [5.41, 5.74) is 1.20. The molecule has 1 aromatic heterocycles. The van der Waals surface area contributed by atoms with Crippen LogP contribution in [0.3, 0.4) is 0 Å². The number of ether oxygens (including phenoxy) is 1. The molecule has 140 valence electrons. The number of nitrogens with zero attached hydrogens (tertiary/aromatic N) is 4. The molecule has 26 heavy (non-hydrogen) atoms. The van der Waals surface area contributed by atoms with E-state index in [9.17, 15) is 4.79 Å². The summed E-state index contributed by atoms with van der Waals surface area (Å²) in [4.78, 5) is 21.2. The molecule has 1 saturated heterocycles. The fraction of sp³-hybridized carbons (Fsp3) is 0.526. The predicted octanol–water partition coefficient (Wildman–Crippen LogP) is 2.59. The molecule has 1 aliphatic heterocycles. The highest BCUT2D eigenvalue weighted by molar-refractivity contribution is 7.09. The largest absolute Gasteiger partial charge is 0.378 e. The number of hydrogen-bond acceptors (Lipinski definition) is 6. The van der Waals surface area contributed by atoms with Crippen molar-refractivity contribution in [1.29, 1.82) is 0 Å². The normalized spacial score (nSPS) is 14.7. The lowest BCUT2D eigenvalue weighted by molar-refractivity contribution is -0.135. The average Bonchev–Trinajstić information content (AvgIpc) is 3.11. The molecule has 1 fully saturated rings. The highest BCUT2D eigenvalue weighted by Crippen LogP contribution is 2.21. The van der Waals surface area contributed by atoms with Crippen LogP contribution in [0.15, 0.2) is 30.3 Å². The van der Waals surface area contributed by atoms with Crippen LogP contribution in [0, 0.1) is 0 Å². The van der Waals surface area contributed by atoms with E-state index < -0.39 is 0 Å². The molecule has 7 heteroatoms. The molecular formula is C19H26N4O2S. The van der Waals surface area contributed by atoms with Gasteiger partial charge in [-0.15, -0.1) is 0 Å². The molecule has 3 rings (SSSR count). The molecule has 0 radical (unpaired) electrons. The summed E-state index contributed by atoms with van der Waals surface area (Å²) in [6.07, 6.45) is 1.22. The van der Waals surface area contributed by atoms with Crippen molar-refractivity contribution >= 4 is 22.6 Å². The van der Waals surface area contributed by atoms with Crippen molar-refractivity contribution in [3.63, 3.8) is 0 Å². The lowest BCUT2D eigenvalue weighted by Gasteiger charge is -2.29. The third kappa shape index (κ3) is 5.02. The Bertz CT molecular complexity index is 699. The number of carbonyl (C=O) groups excluding carboxylic acids is 1. The van der Waals surface area contributed by atoms with Crippen LogP contribution in [0.25, 0.3) is 0 Å². The number of amides is 1. The van der Waals surface area contributed by atoms with Crippen molar-refractivity contribution in [2.45, 2.75) is 32.7 Å². The first-order valence-electron chi connectivity index (χ1n) is 9.12. The van der Waals surface area contributed by atoms with Crippen molar-refractivity contribution in [2.24, 2.45) is 0 Å². The minimum absolute atomic E-state index is 0.188. The van der Waals surface area contributed by atoms with E-state index in [4.69, 9.17) is 9.72 Å². The summed E-state index contributed by atoms with van der Waals surface area (Å²) in [7, 11) is 0. The molecule has 0 bridgehead atoms. The van der Waals surface area contributed by atoms with Gasteiger partial charge in [0.25, 0.3) is 0 Å². The summed E-state index contributed by atoms with van der Waals surface area (Å²) in [6.45, 7) is 7.57. The molecule has 0 atom stereocenters. The number of aromatic nitrogens is 2. The van der Waals surface area contributed by atoms with Crippen LogP contribution >= 0.6 is 11.5 Å². The molecule has 0 spiro atoms. The maximum Gasteiger partial charge on any atom is 0.224 e. The standard InChI is InChI=1S/C19H26N4O2S/c1-15(2)23(9-8-18(24)22-10-12-25-13-11-22)19-20-17(21-26-19)14-16-6-4-3-5-7-16/h3-7,15H,8-14H2,1-2H3. The molecule has 1 aliphatic rings. The number of benzene rings is 1. The Morgan fingerprint density at radius 2 is 2.00 bits per heavy atom. The maximum atomic E-state index is 12.4. The van der Waals surface area contributed by atoms with Gasteiger partial charge < -0.3 is 14.5 Å². The van der Waals surface area contributed by atoms with E-state index in [1.54, 1.807) is 0 Å². The van der Waals surface area contributed by atoms with Crippen molar-refractivity contribution in [3.05, 3.63) is 41.7 Å². The molecule has 0 unspecified atom stereocenters. The zero-order valence-electron chi connectivity index (χ0n) is 15.4. The first kappa shape index (κ1) is 18.8. The van der Waals surface area contributed by atoms with E-state index >= 15 is 0 Å². The van der Waals surface area contributed by atoms with Gasteiger partial charge in [-0.05, 0) is 19.4 Å². The van der Waals surface area contributed by atoms with Crippen LogP contribution in [-0.4, -0.2) is 59.1 Å². The minimum atomic E-state index is 0.188. The van der Waals surface area contributed by atoms with Crippen molar-refractivity contribution in [3.8, 4) is 0 Å². The van der Waals surface area contributed by atoms with E-state index in [1.165, 1.54) is 17.1 Å². The predicted molar refractivity (Wildman–Crippen MR) is 104 cm³/mol. The number of rotatable bonds is 7. The Morgan fingerprint density at radius 3 is 2.69 bits per heavy atom. The zero-order valence-corrected chi connectivity index (χ0v) is 16.2. The van der Waals surface area contributed by atoms with E-state index in [0.717, 1.165) is 17.4 Å². The van der Waals surface area contributed by atoms with E-state index in [-0.39, 0.29) is 11.9 Å². The zero-order chi connectivity index (χ0) is 18.4. The minimum Gasteiger partial charge on any atom is -0.378 e. The van der Waals surface area contributed by atoms with Gasteiger partial charge in [0.05, 0.1) is 13.2 Å².